The number of rotatable bonds is 3. The van der Waals surface area contributed by atoms with E-state index in [1.807, 2.05) is 0 Å². The molecule has 2 N–H and O–H groups in total. The molecule has 1 aromatic heterocycles. The lowest BCUT2D eigenvalue weighted by molar-refractivity contribution is 0.279. The summed E-state index contributed by atoms with van der Waals surface area (Å²) in [4.78, 5) is 17.1. The molecule has 0 atom stereocenters. The molecular formula is C7H10N2O4S. The summed E-state index contributed by atoms with van der Waals surface area (Å²) < 4.78 is 21.7. The Kier molecular flexibility index (Phi) is 3.02. The van der Waals surface area contributed by atoms with Crippen LogP contribution in [-0.4, -0.2) is 29.7 Å². The maximum absolute atomic E-state index is 11.1. The van der Waals surface area contributed by atoms with Gasteiger partial charge in [-0.3, -0.25) is 4.79 Å². The van der Waals surface area contributed by atoms with Gasteiger partial charge in [-0.1, -0.05) is 0 Å². The first-order valence-corrected chi connectivity index (χ1v) is 5.84. The fourth-order valence-corrected chi connectivity index (χ4v) is 1.54. The van der Waals surface area contributed by atoms with Crippen molar-refractivity contribution in [2.75, 3.05) is 6.26 Å². The van der Waals surface area contributed by atoms with Gasteiger partial charge >= 0.3 is 0 Å². The van der Waals surface area contributed by atoms with Crippen molar-refractivity contribution in [3.05, 3.63) is 27.9 Å². The van der Waals surface area contributed by atoms with E-state index in [0.717, 1.165) is 6.26 Å². The highest BCUT2D eigenvalue weighted by Crippen LogP contribution is 1.96. The summed E-state index contributed by atoms with van der Waals surface area (Å²) in [6, 6.07) is 0. The first-order valence-electron chi connectivity index (χ1n) is 3.78. The maximum atomic E-state index is 11.1. The van der Waals surface area contributed by atoms with Gasteiger partial charge in [0, 0.05) is 12.5 Å². The molecule has 0 aliphatic heterocycles. The summed E-state index contributed by atoms with van der Waals surface area (Å²) in [7, 11) is -3.21. The van der Waals surface area contributed by atoms with Crippen LogP contribution in [0.25, 0.3) is 0 Å². The zero-order chi connectivity index (χ0) is 10.8. The van der Waals surface area contributed by atoms with Crippen LogP contribution < -0.4 is 5.56 Å². The minimum Gasteiger partial charge on any atom is -0.391 e. The van der Waals surface area contributed by atoms with E-state index >= 15 is 0 Å². The van der Waals surface area contributed by atoms with Crippen molar-refractivity contribution in [2.45, 2.75) is 12.4 Å². The molecule has 0 unspecified atom stereocenters. The topological polar surface area (TPSA) is 100 Å². The third-order valence-corrected chi connectivity index (χ3v) is 2.29. The summed E-state index contributed by atoms with van der Waals surface area (Å²) in [5.41, 5.74) is -0.400. The van der Waals surface area contributed by atoms with Gasteiger partial charge in [0.1, 0.15) is 11.6 Å². The maximum Gasteiger partial charge on any atom is 0.256 e. The van der Waals surface area contributed by atoms with E-state index < -0.39 is 22.0 Å². The van der Waals surface area contributed by atoms with Gasteiger partial charge in [0.2, 0.25) is 0 Å². The van der Waals surface area contributed by atoms with E-state index in [1.165, 1.54) is 6.20 Å². The van der Waals surface area contributed by atoms with E-state index in [9.17, 15) is 13.2 Å². The van der Waals surface area contributed by atoms with Crippen molar-refractivity contribution in [1.82, 2.24) is 9.97 Å². The summed E-state index contributed by atoms with van der Waals surface area (Å²) >= 11 is 0. The molecule has 6 nitrogen and oxygen atoms in total. The molecule has 0 saturated heterocycles. The summed E-state index contributed by atoms with van der Waals surface area (Å²) in [6.07, 6.45) is 2.21. The Morgan fingerprint density at radius 2 is 2.21 bits per heavy atom. The van der Waals surface area contributed by atoms with Gasteiger partial charge in [0.15, 0.2) is 9.84 Å². The number of aliphatic hydroxyl groups is 1. The SMILES string of the molecule is CS(=O)(=O)Cc1ncc(CO)c(=O)[nH]1. The molecular weight excluding hydrogens is 208 g/mol. The quantitative estimate of drug-likeness (QED) is 0.664. The zero-order valence-corrected chi connectivity index (χ0v) is 8.34. The van der Waals surface area contributed by atoms with Gasteiger partial charge in [-0.25, -0.2) is 13.4 Å². The van der Waals surface area contributed by atoms with Crippen molar-refractivity contribution in [1.29, 1.82) is 0 Å². The molecule has 7 heteroatoms. The summed E-state index contributed by atoms with van der Waals surface area (Å²) in [5.74, 6) is -0.233. The molecule has 78 valence electrons. The minimum atomic E-state index is -3.21. The van der Waals surface area contributed by atoms with Crippen LogP contribution in [0, 0.1) is 0 Å². The second-order valence-electron chi connectivity index (χ2n) is 2.91. The highest BCUT2D eigenvalue weighted by atomic mass is 32.2. The standard InChI is InChI=1S/C7H10N2O4S/c1-14(12,13)4-6-8-2-5(3-10)7(11)9-6/h2,10H,3-4H2,1H3,(H,8,9,11). The number of hydrogen-bond acceptors (Lipinski definition) is 5. The molecule has 0 spiro atoms. The van der Waals surface area contributed by atoms with E-state index in [-0.39, 0.29) is 17.1 Å². The van der Waals surface area contributed by atoms with E-state index in [0.29, 0.717) is 0 Å². The molecule has 0 saturated carbocycles. The van der Waals surface area contributed by atoms with Crippen LogP contribution >= 0.6 is 0 Å². The van der Waals surface area contributed by atoms with Gasteiger partial charge in [-0.05, 0) is 0 Å². The Labute approximate surface area is 80.5 Å². The van der Waals surface area contributed by atoms with Crippen LogP contribution in [0.1, 0.15) is 11.4 Å². The van der Waals surface area contributed by atoms with E-state index in [2.05, 4.69) is 9.97 Å². The van der Waals surface area contributed by atoms with Crippen molar-refractivity contribution in [2.24, 2.45) is 0 Å². The Bertz CT molecular complexity index is 477. The molecule has 1 aromatic rings. The molecule has 0 amide bonds. The summed E-state index contributed by atoms with van der Waals surface area (Å²) in [6.45, 7) is -0.415. The van der Waals surface area contributed by atoms with Crippen molar-refractivity contribution in [3.8, 4) is 0 Å². The molecule has 1 rings (SSSR count). The third kappa shape index (κ3) is 2.93. The predicted molar refractivity (Wildman–Crippen MR) is 49.3 cm³/mol. The first kappa shape index (κ1) is 10.9. The number of sulfone groups is 1. The number of H-pyrrole nitrogens is 1. The number of nitrogens with zero attached hydrogens (tertiary/aromatic N) is 1. The largest absolute Gasteiger partial charge is 0.391 e. The fraction of sp³-hybridized carbons (Fsp3) is 0.429. The molecule has 0 bridgehead atoms. The van der Waals surface area contributed by atoms with Gasteiger partial charge in [-0.2, -0.15) is 0 Å². The Morgan fingerprint density at radius 3 is 2.64 bits per heavy atom. The number of aromatic amines is 1. The number of hydrogen-bond donors (Lipinski definition) is 2. The Morgan fingerprint density at radius 1 is 1.57 bits per heavy atom. The molecule has 14 heavy (non-hydrogen) atoms. The molecule has 0 aromatic carbocycles. The number of aliphatic hydroxyl groups excluding tert-OH is 1. The monoisotopic (exact) mass is 218 g/mol. The number of aromatic nitrogens is 2. The van der Waals surface area contributed by atoms with Gasteiger partial charge in [-0.15, -0.1) is 0 Å². The van der Waals surface area contributed by atoms with E-state index in [1.54, 1.807) is 0 Å². The number of nitrogens with one attached hydrogen (secondary N) is 1. The fourth-order valence-electron chi connectivity index (χ4n) is 0.892. The van der Waals surface area contributed by atoms with Crippen LogP contribution in [0.3, 0.4) is 0 Å². The first-order chi connectivity index (χ1) is 6.42. The highest BCUT2D eigenvalue weighted by Gasteiger charge is 2.07. The zero-order valence-electron chi connectivity index (χ0n) is 7.52. The lowest BCUT2D eigenvalue weighted by atomic mass is 10.3. The lowest BCUT2D eigenvalue weighted by Gasteiger charge is -1.99. The average molecular weight is 218 g/mol. The molecule has 0 aliphatic rings. The summed E-state index contributed by atoms with van der Waals surface area (Å²) in [5, 5.41) is 8.66. The minimum absolute atomic E-state index is 0.0784. The molecule has 1 heterocycles. The van der Waals surface area contributed by atoms with E-state index in [4.69, 9.17) is 5.11 Å². The van der Waals surface area contributed by atoms with Crippen LogP contribution in [0.4, 0.5) is 0 Å². The Hall–Kier alpha value is -1.21. The Balaban J connectivity index is 3.04. The van der Waals surface area contributed by atoms with Gasteiger partial charge in [0.05, 0.1) is 12.2 Å². The second-order valence-corrected chi connectivity index (χ2v) is 5.05. The van der Waals surface area contributed by atoms with Crippen molar-refractivity contribution in [3.63, 3.8) is 0 Å². The van der Waals surface area contributed by atoms with Gasteiger partial charge in [0.25, 0.3) is 5.56 Å². The van der Waals surface area contributed by atoms with Gasteiger partial charge < -0.3 is 10.1 Å². The normalized spacial score (nSPS) is 11.6. The molecule has 0 aliphatic carbocycles. The lowest BCUT2D eigenvalue weighted by Crippen LogP contribution is -2.17. The van der Waals surface area contributed by atoms with Crippen LogP contribution in [0.5, 0.6) is 0 Å². The molecule has 0 fully saturated rings. The second kappa shape index (κ2) is 3.89. The van der Waals surface area contributed by atoms with Crippen LogP contribution in [0.15, 0.2) is 11.0 Å². The van der Waals surface area contributed by atoms with Crippen LogP contribution in [-0.2, 0) is 22.2 Å². The average Bonchev–Trinajstić information content (AvgIpc) is 2.01. The van der Waals surface area contributed by atoms with Crippen LogP contribution in [0.2, 0.25) is 0 Å². The third-order valence-electron chi connectivity index (χ3n) is 1.49. The predicted octanol–water partition coefficient (Wildman–Crippen LogP) is -1.19. The van der Waals surface area contributed by atoms with Crippen molar-refractivity contribution < 1.29 is 13.5 Å². The highest BCUT2D eigenvalue weighted by molar-refractivity contribution is 7.89. The smallest absolute Gasteiger partial charge is 0.256 e. The molecule has 0 radical (unpaired) electrons. The van der Waals surface area contributed by atoms with Crippen molar-refractivity contribution >= 4 is 9.84 Å².